The molecule has 4 nitrogen and oxygen atoms in total. The molecule has 0 radical (unpaired) electrons. The number of carbonyl (C=O) groups is 1. The van der Waals surface area contributed by atoms with Gasteiger partial charge in [-0.3, -0.25) is 4.79 Å². The molecule has 1 amide bonds. The van der Waals surface area contributed by atoms with Crippen LogP contribution in [0.5, 0.6) is 5.75 Å². The van der Waals surface area contributed by atoms with Gasteiger partial charge < -0.3 is 15.2 Å². The summed E-state index contributed by atoms with van der Waals surface area (Å²) < 4.78 is 7.18. The molecular formula is C15H19Br2NO3. The van der Waals surface area contributed by atoms with Crippen molar-refractivity contribution in [2.45, 2.75) is 51.4 Å². The molecule has 1 aromatic rings. The van der Waals surface area contributed by atoms with Crippen LogP contribution in [0.15, 0.2) is 21.1 Å². The average Bonchev–Trinajstić information content (AvgIpc) is 2.95. The van der Waals surface area contributed by atoms with Gasteiger partial charge in [0, 0.05) is 6.04 Å². The van der Waals surface area contributed by atoms with E-state index in [0.29, 0.717) is 14.7 Å². The highest BCUT2D eigenvalue weighted by atomic mass is 79.9. The van der Waals surface area contributed by atoms with Crippen LogP contribution in [0.25, 0.3) is 0 Å². The van der Waals surface area contributed by atoms with E-state index in [4.69, 9.17) is 9.84 Å². The van der Waals surface area contributed by atoms with Crippen LogP contribution in [0.3, 0.4) is 0 Å². The first-order valence-electron chi connectivity index (χ1n) is 7.07. The molecule has 1 aromatic carbocycles. The minimum absolute atomic E-state index is 0.0464. The lowest BCUT2D eigenvalue weighted by Crippen LogP contribution is -2.41. The standard InChI is InChI=1S/C15H19Br2NO3/c1-9(15(20)18-11-4-2-3-5-11)21-14-12(16)6-10(8-19)7-13(14)17/h6-7,9,11,19H,2-5,8H2,1H3,(H,18,20). The summed E-state index contributed by atoms with van der Waals surface area (Å²) >= 11 is 6.81. The summed E-state index contributed by atoms with van der Waals surface area (Å²) in [6.45, 7) is 1.69. The van der Waals surface area contributed by atoms with E-state index in [-0.39, 0.29) is 18.6 Å². The van der Waals surface area contributed by atoms with E-state index in [0.717, 1.165) is 18.4 Å². The third-order valence-electron chi connectivity index (χ3n) is 3.61. The number of nitrogens with one attached hydrogen (secondary N) is 1. The van der Waals surface area contributed by atoms with Crippen LogP contribution in [0.1, 0.15) is 38.2 Å². The summed E-state index contributed by atoms with van der Waals surface area (Å²) in [5, 5.41) is 12.2. The lowest BCUT2D eigenvalue weighted by atomic mass is 10.2. The molecule has 1 aliphatic rings. The van der Waals surface area contributed by atoms with Crippen LogP contribution in [0, 0.1) is 0 Å². The number of hydrogen-bond donors (Lipinski definition) is 2. The highest BCUT2D eigenvalue weighted by molar-refractivity contribution is 9.11. The molecule has 2 N–H and O–H groups in total. The second kappa shape index (κ2) is 7.61. The lowest BCUT2D eigenvalue weighted by molar-refractivity contribution is -0.128. The van der Waals surface area contributed by atoms with Crippen molar-refractivity contribution in [3.8, 4) is 5.75 Å². The lowest BCUT2D eigenvalue weighted by Gasteiger charge is -2.19. The Morgan fingerprint density at radius 1 is 1.38 bits per heavy atom. The van der Waals surface area contributed by atoms with Gasteiger partial charge in [0.25, 0.3) is 5.91 Å². The van der Waals surface area contributed by atoms with Gasteiger partial charge in [0.05, 0.1) is 15.6 Å². The first-order chi connectivity index (χ1) is 10.0. The Morgan fingerprint density at radius 2 is 1.95 bits per heavy atom. The molecule has 6 heteroatoms. The number of rotatable bonds is 5. The van der Waals surface area contributed by atoms with E-state index in [9.17, 15) is 4.79 Å². The summed E-state index contributed by atoms with van der Waals surface area (Å²) in [5.74, 6) is 0.480. The second-order valence-electron chi connectivity index (χ2n) is 5.30. The Morgan fingerprint density at radius 3 is 2.48 bits per heavy atom. The van der Waals surface area contributed by atoms with Crippen molar-refractivity contribution in [2.24, 2.45) is 0 Å². The monoisotopic (exact) mass is 419 g/mol. The van der Waals surface area contributed by atoms with Gasteiger partial charge >= 0.3 is 0 Å². The van der Waals surface area contributed by atoms with E-state index in [1.54, 1.807) is 19.1 Å². The molecule has 0 aromatic heterocycles. The third-order valence-corrected chi connectivity index (χ3v) is 4.78. The van der Waals surface area contributed by atoms with Gasteiger partial charge in [0.1, 0.15) is 5.75 Å². The van der Waals surface area contributed by atoms with Gasteiger partial charge in [-0.05, 0) is 69.3 Å². The van der Waals surface area contributed by atoms with Crippen molar-refractivity contribution in [1.29, 1.82) is 0 Å². The summed E-state index contributed by atoms with van der Waals surface area (Å²) in [6.07, 6.45) is 3.90. The van der Waals surface area contributed by atoms with Gasteiger partial charge in [0.2, 0.25) is 0 Å². The van der Waals surface area contributed by atoms with Crippen LogP contribution in [-0.4, -0.2) is 23.2 Å². The Labute approximate surface area is 141 Å². The molecule has 0 heterocycles. The van der Waals surface area contributed by atoms with Gasteiger partial charge in [-0.25, -0.2) is 0 Å². The molecular weight excluding hydrogens is 402 g/mol. The number of ether oxygens (including phenoxy) is 1. The van der Waals surface area contributed by atoms with Crippen LogP contribution >= 0.6 is 31.9 Å². The molecule has 21 heavy (non-hydrogen) atoms. The molecule has 1 atom stereocenters. The second-order valence-corrected chi connectivity index (χ2v) is 7.01. The van der Waals surface area contributed by atoms with Crippen molar-refractivity contribution < 1.29 is 14.6 Å². The average molecular weight is 421 g/mol. The first kappa shape index (κ1) is 16.8. The Bertz CT molecular complexity index is 493. The molecule has 2 rings (SSSR count). The van der Waals surface area contributed by atoms with Crippen LogP contribution in [-0.2, 0) is 11.4 Å². The fraction of sp³-hybridized carbons (Fsp3) is 0.533. The fourth-order valence-corrected chi connectivity index (χ4v) is 3.90. The van der Waals surface area contributed by atoms with Gasteiger partial charge in [-0.1, -0.05) is 12.8 Å². The normalized spacial score (nSPS) is 16.8. The number of benzene rings is 1. The largest absolute Gasteiger partial charge is 0.479 e. The third kappa shape index (κ3) is 4.44. The molecule has 1 unspecified atom stereocenters. The van der Waals surface area contributed by atoms with E-state index < -0.39 is 6.10 Å². The molecule has 1 aliphatic carbocycles. The van der Waals surface area contributed by atoms with Crippen LogP contribution < -0.4 is 10.1 Å². The summed E-state index contributed by atoms with van der Waals surface area (Å²) in [7, 11) is 0. The maximum absolute atomic E-state index is 12.1. The van der Waals surface area contributed by atoms with Gasteiger partial charge in [-0.2, -0.15) is 0 Å². The van der Waals surface area contributed by atoms with Crippen molar-refractivity contribution in [3.05, 3.63) is 26.6 Å². The molecule has 0 spiro atoms. The number of carbonyl (C=O) groups excluding carboxylic acids is 1. The highest BCUT2D eigenvalue weighted by Gasteiger charge is 2.23. The Balaban J connectivity index is 2.01. The topological polar surface area (TPSA) is 58.6 Å². The molecule has 1 fully saturated rings. The van der Waals surface area contributed by atoms with E-state index in [1.165, 1.54) is 12.8 Å². The molecule has 0 saturated heterocycles. The predicted molar refractivity (Wildman–Crippen MR) is 88.3 cm³/mol. The number of halogens is 2. The van der Waals surface area contributed by atoms with Gasteiger partial charge in [0.15, 0.2) is 6.10 Å². The molecule has 0 aliphatic heterocycles. The SMILES string of the molecule is CC(Oc1c(Br)cc(CO)cc1Br)C(=O)NC1CCCC1. The van der Waals surface area contributed by atoms with Crippen molar-refractivity contribution in [3.63, 3.8) is 0 Å². The number of aliphatic hydroxyl groups excluding tert-OH is 1. The molecule has 116 valence electrons. The Hall–Kier alpha value is -0.590. The van der Waals surface area contributed by atoms with Crippen LogP contribution in [0.4, 0.5) is 0 Å². The van der Waals surface area contributed by atoms with Gasteiger partial charge in [-0.15, -0.1) is 0 Å². The minimum Gasteiger partial charge on any atom is -0.479 e. The van der Waals surface area contributed by atoms with Crippen molar-refractivity contribution in [2.75, 3.05) is 0 Å². The first-order valence-corrected chi connectivity index (χ1v) is 8.65. The number of aliphatic hydroxyl groups is 1. The van der Waals surface area contributed by atoms with Crippen LogP contribution in [0.2, 0.25) is 0 Å². The zero-order valence-electron chi connectivity index (χ0n) is 11.9. The predicted octanol–water partition coefficient (Wildman–Crippen LogP) is 3.53. The zero-order valence-corrected chi connectivity index (χ0v) is 15.0. The maximum atomic E-state index is 12.1. The Kier molecular flexibility index (Phi) is 6.08. The minimum atomic E-state index is -0.571. The summed E-state index contributed by atoms with van der Waals surface area (Å²) in [5.41, 5.74) is 0.768. The van der Waals surface area contributed by atoms with E-state index in [1.807, 2.05) is 0 Å². The molecule has 0 bridgehead atoms. The number of amides is 1. The zero-order chi connectivity index (χ0) is 15.4. The maximum Gasteiger partial charge on any atom is 0.260 e. The van der Waals surface area contributed by atoms with E-state index >= 15 is 0 Å². The quantitative estimate of drug-likeness (QED) is 0.765. The van der Waals surface area contributed by atoms with Crippen molar-refractivity contribution >= 4 is 37.8 Å². The van der Waals surface area contributed by atoms with E-state index in [2.05, 4.69) is 37.2 Å². The smallest absolute Gasteiger partial charge is 0.260 e. The summed E-state index contributed by atoms with van der Waals surface area (Å²) in [4.78, 5) is 12.1. The fourth-order valence-electron chi connectivity index (χ4n) is 2.44. The number of hydrogen-bond acceptors (Lipinski definition) is 3. The van der Waals surface area contributed by atoms with Crippen molar-refractivity contribution in [1.82, 2.24) is 5.32 Å². The highest BCUT2D eigenvalue weighted by Crippen LogP contribution is 2.35. The summed E-state index contributed by atoms with van der Waals surface area (Å²) in [6, 6.07) is 3.84. The molecule has 1 saturated carbocycles.